The zero-order valence-corrected chi connectivity index (χ0v) is 8.14. The number of nitrogens with zero attached hydrogens (tertiary/aromatic N) is 1. The van der Waals surface area contributed by atoms with Crippen molar-refractivity contribution in [1.29, 1.82) is 0 Å². The average Bonchev–Trinajstić information content (AvgIpc) is 2.47. The van der Waals surface area contributed by atoms with Crippen LogP contribution in [-0.4, -0.2) is 16.5 Å². The molecular formula is C10H17N3. The fraction of sp³-hybridized carbons (Fsp3) is 0.700. The van der Waals surface area contributed by atoms with Crippen molar-refractivity contribution in [2.45, 2.75) is 38.5 Å². The molecule has 0 amide bonds. The molecule has 1 aliphatic rings. The smallest absolute Gasteiger partial charge is 0.103 e. The van der Waals surface area contributed by atoms with Crippen LogP contribution in [0.3, 0.4) is 0 Å². The molecule has 1 aliphatic carbocycles. The monoisotopic (exact) mass is 179 g/mol. The van der Waals surface area contributed by atoms with Gasteiger partial charge in [0.25, 0.3) is 0 Å². The Kier molecular flexibility index (Phi) is 2.36. The van der Waals surface area contributed by atoms with Crippen LogP contribution in [0.5, 0.6) is 0 Å². The molecule has 72 valence electrons. The molecule has 0 spiro atoms. The van der Waals surface area contributed by atoms with Crippen molar-refractivity contribution in [3.8, 4) is 0 Å². The first-order valence-corrected chi connectivity index (χ1v) is 5.06. The van der Waals surface area contributed by atoms with Crippen molar-refractivity contribution in [2.24, 2.45) is 5.73 Å². The van der Waals surface area contributed by atoms with Gasteiger partial charge in [-0.15, -0.1) is 0 Å². The van der Waals surface area contributed by atoms with Gasteiger partial charge in [0.05, 0.1) is 5.69 Å². The lowest BCUT2D eigenvalue weighted by Crippen LogP contribution is -2.13. The Morgan fingerprint density at radius 1 is 1.62 bits per heavy atom. The summed E-state index contributed by atoms with van der Waals surface area (Å²) in [5, 5.41) is 0. The molecule has 1 aromatic heterocycles. The number of nitrogens with two attached hydrogens (primary N) is 1. The van der Waals surface area contributed by atoms with E-state index in [4.69, 9.17) is 5.73 Å². The van der Waals surface area contributed by atoms with Crippen LogP contribution in [0.2, 0.25) is 0 Å². The van der Waals surface area contributed by atoms with Crippen LogP contribution < -0.4 is 5.73 Å². The molecule has 0 aliphatic heterocycles. The van der Waals surface area contributed by atoms with Gasteiger partial charge in [0.2, 0.25) is 0 Å². The molecule has 3 nitrogen and oxygen atoms in total. The Labute approximate surface area is 78.7 Å². The van der Waals surface area contributed by atoms with Gasteiger partial charge in [0.1, 0.15) is 5.82 Å². The number of hydrogen-bond acceptors (Lipinski definition) is 2. The summed E-state index contributed by atoms with van der Waals surface area (Å²) in [4.78, 5) is 7.87. The number of hydrogen-bond donors (Lipinski definition) is 2. The second-order valence-electron chi connectivity index (χ2n) is 3.85. The highest BCUT2D eigenvalue weighted by molar-refractivity contribution is 5.21. The molecular weight excluding hydrogens is 162 g/mol. The van der Waals surface area contributed by atoms with Crippen LogP contribution in [0.15, 0.2) is 0 Å². The summed E-state index contributed by atoms with van der Waals surface area (Å²) in [5.74, 6) is 1.66. The lowest BCUT2D eigenvalue weighted by atomic mass is 9.88. The van der Waals surface area contributed by atoms with Crippen molar-refractivity contribution >= 4 is 0 Å². The van der Waals surface area contributed by atoms with E-state index < -0.39 is 0 Å². The number of rotatable bonds is 2. The van der Waals surface area contributed by atoms with E-state index in [1.165, 1.54) is 24.2 Å². The van der Waals surface area contributed by atoms with E-state index in [1.54, 1.807) is 0 Å². The van der Waals surface area contributed by atoms with Crippen molar-refractivity contribution in [3.63, 3.8) is 0 Å². The van der Waals surface area contributed by atoms with Crippen LogP contribution >= 0.6 is 0 Å². The summed E-state index contributed by atoms with van der Waals surface area (Å²) in [5.41, 5.74) is 8.22. The molecule has 0 fully saturated rings. The summed E-state index contributed by atoms with van der Waals surface area (Å²) in [6.45, 7) is 2.80. The number of H-pyrrole nitrogens is 1. The van der Waals surface area contributed by atoms with Crippen LogP contribution in [-0.2, 0) is 6.42 Å². The van der Waals surface area contributed by atoms with E-state index in [0.29, 0.717) is 5.92 Å². The minimum absolute atomic E-state index is 0.610. The number of imidazole rings is 1. The lowest BCUT2D eigenvalue weighted by molar-refractivity contribution is 0.513. The average molecular weight is 179 g/mol. The summed E-state index contributed by atoms with van der Waals surface area (Å²) in [6.07, 6.45) is 4.78. The van der Waals surface area contributed by atoms with Gasteiger partial charge in [0, 0.05) is 11.6 Å². The first-order chi connectivity index (χ1) is 6.31. The Morgan fingerprint density at radius 3 is 3.23 bits per heavy atom. The SMILES string of the molecule is Cc1nc2c([nH]1)CCCC2CCN. The van der Waals surface area contributed by atoms with E-state index in [1.807, 2.05) is 6.92 Å². The van der Waals surface area contributed by atoms with Gasteiger partial charge in [-0.2, -0.15) is 0 Å². The zero-order chi connectivity index (χ0) is 9.26. The maximum absolute atomic E-state index is 5.59. The third-order valence-electron chi connectivity index (χ3n) is 2.81. The van der Waals surface area contributed by atoms with Crippen molar-refractivity contribution in [1.82, 2.24) is 9.97 Å². The molecule has 3 N–H and O–H groups in total. The summed E-state index contributed by atoms with van der Waals surface area (Å²) >= 11 is 0. The third kappa shape index (κ3) is 1.61. The van der Waals surface area contributed by atoms with E-state index >= 15 is 0 Å². The molecule has 1 aromatic rings. The van der Waals surface area contributed by atoms with Crippen molar-refractivity contribution < 1.29 is 0 Å². The fourth-order valence-corrected chi connectivity index (χ4v) is 2.23. The van der Waals surface area contributed by atoms with Gasteiger partial charge in [-0.1, -0.05) is 0 Å². The molecule has 1 atom stereocenters. The molecule has 0 bridgehead atoms. The minimum atomic E-state index is 0.610. The summed E-state index contributed by atoms with van der Waals surface area (Å²) in [7, 11) is 0. The van der Waals surface area contributed by atoms with E-state index in [9.17, 15) is 0 Å². The van der Waals surface area contributed by atoms with Gasteiger partial charge >= 0.3 is 0 Å². The third-order valence-corrected chi connectivity index (χ3v) is 2.81. The molecule has 0 radical (unpaired) electrons. The first kappa shape index (κ1) is 8.75. The van der Waals surface area contributed by atoms with Gasteiger partial charge in [-0.05, 0) is 39.2 Å². The Morgan fingerprint density at radius 2 is 2.46 bits per heavy atom. The van der Waals surface area contributed by atoms with Crippen molar-refractivity contribution in [2.75, 3.05) is 6.54 Å². The predicted molar refractivity (Wildman–Crippen MR) is 52.7 cm³/mol. The molecule has 1 unspecified atom stereocenters. The number of fused-ring (bicyclic) bond motifs is 1. The second kappa shape index (κ2) is 3.50. The normalized spacial score (nSPS) is 21.5. The van der Waals surface area contributed by atoms with E-state index in [2.05, 4.69) is 9.97 Å². The number of aromatic nitrogens is 2. The Balaban J connectivity index is 2.25. The number of nitrogens with one attached hydrogen (secondary N) is 1. The number of aromatic amines is 1. The maximum atomic E-state index is 5.59. The summed E-state index contributed by atoms with van der Waals surface area (Å²) in [6, 6.07) is 0. The van der Waals surface area contributed by atoms with E-state index in [0.717, 1.165) is 25.2 Å². The molecule has 0 aromatic carbocycles. The van der Waals surface area contributed by atoms with Gasteiger partial charge in [0.15, 0.2) is 0 Å². The summed E-state index contributed by atoms with van der Waals surface area (Å²) < 4.78 is 0. The fourth-order valence-electron chi connectivity index (χ4n) is 2.23. The highest BCUT2D eigenvalue weighted by Crippen LogP contribution is 2.31. The Bertz CT molecular complexity index is 290. The Hall–Kier alpha value is -0.830. The lowest BCUT2D eigenvalue weighted by Gasteiger charge is -2.20. The minimum Gasteiger partial charge on any atom is -0.346 e. The predicted octanol–water partition coefficient (Wildman–Crippen LogP) is 1.49. The molecule has 0 saturated heterocycles. The molecule has 2 rings (SSSR count). The maximum Gasteiger partial charge on any atom is 0.103 e. The molecule has 3 heteroatoms. The van der Waals surface area contributed by atoms with Gasteiger partial charge in [-0.3, -0.25) is 0 Å². The molecule has 0 saturated carbocycles. The van der Waals surface area contributed by atoms with Gasteiger partial charge in [-0.25, -0.2) is 4.98 Å². The quantitative estimate of drug-likeness (QED) is 0.722. The standard InChI is InChI=1S/C10H17N3/c1-7-12-9-4-2-3-8(5-6-11)10(9)13-7/h8H,2-6,11H2,1H3,(H,12,13). The topological polar surface area (TPSA) is 54.7 Å². The van der Waals surface area contributed by atoms with Crippen LogP contribution in [0, 0.1) is 6.92 Å². The molecule has 13 heavy (non-hydrogen) atoms. The second-order valence-corrected chi connectivity index (χ2v) is 3.85. The van der Waals surface area contributed by atoms with Gasteiger partial charge < -0.3 is 10.7 Å². The highest BCUT2D eigenvalue weighted by Gasteiger charge is 2.22. The first-order valence-electron chi connectivity index (χ1n) is 5.06. The number of aryl methyl sites for hydroxylation is 2. The van der Waals surface area contributed by atoms with Crippen LogP contribution in [0.1, 0.15) is 42.4 Å². The zero-order valence-electron chi connectivity index (χ0n) is 8.14. The molecule has 1 heterocycles. The van der Waals surface area contributed by atoms with E-state index in [-0.39, 0.29) is 0 Å². The van der Waals surface area contributed by atoms with Crippen LogP contribution in [0.25, 0.3) is 0 Å². The highest BCUT2D eigenvalue weighted by atomic mass is 14.9. The van der Waals surface area contributed by atoms with Crippen molar-refractivity contribution in [3.05, 3.63) is 17.2 Å². The largest absolute Gasteiger partial charge is 0.346 e. The van der Waals surface area contributed by atoms with Crippen LogP contribution in [0.4, 0.5) is 0 Å².